The lowest BCUT2D eigenvalue weighted by Crippen LogP contribution is -2.44. The minimum atomic E-state index is -0.439. The van der Waals surface area contributed by atoms with Crippen LogP contribution in [-0.2, 0) is 16.0 Å². The standard InChI is InChI=1S/C18H28N2O3/c1-5-23-18(22)20-16(10-13(2)3)12-19-17(21)11-15-8-6-14(4)7-9-15/h6-9,13,16H,5,10-12H2,1-4H3,(H,19,21)(H,20,22). The Morgan fingerprint density at radius 1 is 1.17 bits per heavy atom. The maximum atomic E-state index is 12.0. The van der Waals surface area contributed by atoms with Crippen LogP contribution < -0.4 is 10.6 Å². The molecule has 0 bridgehead atoms. The Balaban J connectivity index is 2.47. The van der Waals surface area contributed by atoms with Gasteiger partial charge in [-0.3, -0.25) is 4.79 Å². The van der Waals surface area contributed by atoms with Gasteiger partial charge < -0.3 is 15.4 Å². The van der Waals surface area contributed by atoms with Crippen LogP contribution in [0.1, 0.15) is 38.3 Å². The Hall–Kier alpha value is -2.04. The van der Waals surface area contributed by atoms with Crippen molar-refractivity contribution in [2.24, 2.45) is 5.92 Å². The highest BCUT2D eigenvalue weighted by Crippen LogP contribution is 2.06. The second kappa shape index (κ2) is 9.87. The van der Waals surface area contributed by atoms with Crippen molar-refractivity contribution in [3.05, 3.63) is 35.4 Å². The Labute approximate surface area is 138 Å². The molecule has 0 fully saturated rings. The molecule has 1 aromatic rings. The van der Waals surface area contributed by atoms with E-state index in [-0.39, 0.29) is 11.9 Å². The molecule has 1 rings (SSSR count). The number of carbonyl (C=O) groups excluding carboxylic acids is 2. The van der Waals surface area contributed by atoms with Gasteiger partial charge in [0.05, 0.1) is 13.0 Å². The molecule has 2 N–H and O–H groups in total. The first-order valence-electron chi connectivity index (χ1n) is 8.16. The highest BCUT2D eigenvalue weighted by Gasteiger charge is 2.15. The van der Waals surface area contributed by atoms with Gasteiger partial charge in [0.25, 0.3) is 0 Å². The molecular formula is C18H28N2O3. The van der Waals surface area contributed by atoms with E-state index in [2.05, 4.69) is 24.5 Å². The Kier molecular flexibility index (Phi) is 8.16. The van der Waals surface area contributed by atoms with Crippen molar-refractivity contribution in [2.45, 2.75) is 46.6 Å². The zero-order chi connectivity index (χ0) is 17.2. The van der Waals surface area contributed by atoms with Gasteiger partial charge in [0, 0.05) is 12.6 Å². The summed E-state index contributed by atoms with van der Waals surface area (Å²) in [5.41, 5.74) is 2.15. The molecule has 5 nitrogen and oxygen atoms in total. The van der Waals surface area contributed by atoms with Crippen LogP contribution >= 0.6 is 0 Å². The normalized spacial score (nSPS) is 11.9. The van der Waals surface area contributed by atoms with Crippen LogP contribution in [-0.4, -0.2) is 31.2 Å². The summed E-state index contributed by atoms with van der Waals surface area (Å²) in [6, 6.07) is 7.77. The molecule has 0 aliphatic carbocycles. The average Bonchev–Trinajstić information content (AvgIpc) is 2.47. The second-order valence-corrected chi connectivity index (χ2v) is 6.16. The first-order valence-corrected chi connectivity index (χ1v) is 8.16. The number of hydrogen-bond acceptors (Lipinski definition) is 3. The summed E-state index contributed by atoms with van der Waals surface area (Å²) in [6.07, 6.45) is 0.684. The van der Waals surface area contributed by atoms with Gasteiger partial charge in [-0.2, -0.15) is 0 Å². The molecular weight excluding hydrogens is 292 g/mol. The van der Waals surface area contributed by atoms with Crippen molar-refractivity contribution in [2.75, 3.05) is 13.2 Å². The number of rotatable bonds is 8. The number of amides is 2. The summed E-state index contributed by atoms with van der Waals surface area (Å²) in [5, 5.41) is 5.69. The SMILES string of the molecule is CCOC(=O)NC(CNC(=O)Cc1ccc(C)cc1)CC(C)C. The van der Waals surface area contributed by atoms with Gasteiger partial charge in [-0.25, -0.2) is 4.79 Å². The fourth-order valence-electron chi connectivity index (χ4n) is 2.29. The minimum Gasteiger partial charge on any atom is -0.450 e. The van der Waals surface area contributed by atoms with Crippen LogP contribution in [0.5, 0.6) is 0 Å². The quantitative estimate of drug-likeness (QED) is 0.774. The first-order chi connectivity index (χ1) is 10.9. The van der Waals surface area contributed by atoms with Gasteiger partial charge in [0.2, 0.25) is 5.91 Å². The lowest BCUT2D eigenvalue weighted by Gasteiger charge is -2.20. The molecule has 5 heteroatoms. The first kappa shape index (κ1) is 19.0. The fraction of sp³-hybridized carbons (Fsp3) is 0.556. The molecule has 1 unspecified atom stereocenters. The van der Waals surface area contributed by atoms with Crippen molar-refractivity contribution in [1.82, 2.24) is 10.6 Å². The van der Waals surface area contributed by atoms with E-state index < -0.39 is 6.09 Å². The monoisotopic (exact) mass is 320 g/mol. The van der Waals surface area contributed by atoms with Crippen LogP contribution in [0.2, 0.25) is 0 Å². The maximum absolute atomic E-state index is 12.0. The Morgan fingerprint density at radius 2 is 1.83 bits per heavy atom. The highest BCUT2D eigenvalue weighted by atomic mass is 16.5. The molecule has 0 aliphatic rings. The predicted molar refractivity (Wildman–Crippen MR) is 91.3 cm³/mol. The number of nitrogens with one attached hydrogen (secondary N) is 2. The van der Waals surface area contributed by atoms with Crippen molar-refractivity contribution in [3.8, 4) is 0 Å². The molecule has 1 atom stereocenters. The van der Waals surface area contributed by atoms with Crippen LogP contribution in [0, 0.1) is 12.8 Å². The largest absolute Gasteiger partial charge is 0.450 e. The van der Waals surface area contributed by atoms with E-state index in [1.807, 2.05) is 31.2 Å². The number of hydrogen-bond donors (Lipinski definition) is 2. The van der Waals surface area contributed by atoms with E-state index in [1.54, 1.807) is 6.92 Å². The van der Waals surface area contributed by atoms with E-state index in [9.17, 15) is 9.59 Å². The van der Waals surface area contributed by atoms with Crippen LogP contribution in [0.15, 0.2) is 24.3 Å². The fourth-order valence-corrected chi connectivity index (χ4v) is 2.29. The zero-order valence-electron chi connectivity index (χ0n) is 14.5. The maximum Gasteiger partial charge on any atom is 0.407 e. The summed E-state index contributed by atoms with van der Waals surface area (Å²) in [7, 11) is 0. The number of aryl methyl sites for hydroxylation is 1. The van der Waals surface area contributed by atoms with Gasteiger partial charge >= 0.3 is 6.09 Å². The van der Waals surface area contributed by atoms with Crippen molar-refractivity contribution < 1.29 is 14.3 Å². The lowest BCUT2D eigenvalue weighted by atomic mass is 10.0. The summed E-state index contributed by atoms with van der Waals surface area (Å²) >= 11 is 0. The van der Waals surface area contributed by atoms with E-state index in [4.69, 9.17) is 4.74 Å². The third-order valence-corrected chi connectivity index (χ3v) is 3.38. The number of benzene rings is 1. The summed E-state index contributed by atoms with van der Waals surface area (Å²) < 4.78 is 4.90. The van der Waals surface area contributed by atoms with Gasteiger partial charge in [-0.1, -0.05) is 43.7 Å². The molecule has 0 spiro atoms. The summed E-state index contributed by atoms with van der Waals surface area (Å²) in [4.78, 5) is 23.6. The van der Waals surface area contributed by atoms with Gasteiger partial charge in [-0.05, 0) is 31.7 Å². The zero-order valence-corrected chi connectivity index (χ0v) is 14.5. The van der Waals surface area contributed by atoms with Gasteiger partial charge in [0.1, 0.15) is 0 Å². The van der Waals surface area contributed by atoms with E-state index in [0.717, 1.165) is 12.0 Å². The third kappa shape index (κ3) is 8.24. The molecule has 0 saturated carbocycles. The van der Waals surface area contributed by atoms with E-state index in [1.165, 1.54) is 5.56 Å². The molecule has 0 saturated heterocycles. The smallest absolute Gasteiger partial charge is 0.407 e. The molecule has 0 heterocycles. The summed E-state index contributed by atoms with van der Waals surface area (Å²) in [5.74, 6) is 0.365. The van der Waals surface area contributed by atoms with Crippen molar-refractivity contribution in [1.29, 1.82) is 0 Å². The van der Waals surface area contributed by atoms with Gasteiger partial charge in [0.15, 0.2) is 0 Å². The molecule has 0 aromatic heterocycles. The number of carbonyl (C=O) groups is 2. The molecule has 23 heavy (non-hydrogen) atoms. The highest BCUT2D eigenvalue weighted by molar-refractivity contribution is 5.78. The number of alkyl carbamates (subject to hydrolysis) is 1. The molecule has 128 valence electrons. The topological polar surface area (TPSA) is 67.4 Å². The Morgan fingerprint density at radius 3 is 2.39 bits per heavy atom. The van der Waals surface area contributed by atoms with E-state index >= 15 is 0 Å². The molecule has 0 radical (unpaired) electrons. The van der Waals surface area contributed by atoms with Crippen molar-refractivity contribution >= 4 is 12.0 Å². The number of ether oxygens (including phenoxy) is 1. The van der Waals surface area contributed by atoms with Gasteiger partial charge in [-0.15, -0.1) is 0 Å². The van der Waals surface area contributed by atoms with Crippen LogP contribution in [0.25, 0.3) is 0 Å². The Bertz CT molecular complexity index is 497. The molecule has 2 amide bonds. The van der Waals surface area contributed by atoms with Crippen LogP contribution in [0.4, 0.5) is 4.79 Å². The summed E-state index contributed by atoms with van der Waals surface area (Å²) in [6.45, 7) is 8.67. The average molecular weight is 320 g/mol. The molecule has 1 aromatic carbocycles. The van der Waals surface area contributed by atoms with Crippen molar-refractivity contribution in [3.63, 3.8) is 0 Å². The van der Waals surface area contributed by atoms with Crippen LogP contribution in [0.3, 0.4) is 0 Å². The second-order valence-electron chi connectivity index (χ2n) is 6.16. The predicted octanol–water partition coefficient (Wildman–Crippen LogP) is 2.81. The minimum absolute atomic E-state index is 0.0479. The van der Waals surface area contributed by atoms with E-state index in [0.29, 0.717) is 25.5 Å². The lowest BCUT2D eigenvalue weighted by molar-refractivity contribution is -0.120. The molecule has 0 aliphatic heterocycles. The third-order valence-electron chi connectivity index (χ3n) is 3.38.